The van der Waals surface area contributed by atoms with Gasteiger partial charge in [-0.1, -0.05) is 121 Å². The number of ketones is 1. The fraction of sp³-hybridized carbons (Fsp3) is 0.0714. The summed E-state index contributed by atoms with van der Waals surface area (Å²) in [5.41, 5.74) is 1.19. The highest BCUT2D eigenvalue weighted by molar-refractivity contribution is 7.96. The summed E-state index contributed by atoms with van der Waals surface area (Å²) in [6.45, 7) is -1.34. The Kier molecular flexibility index (Phi) is 6.40. The van der Waals surface area contributed by atoms with E-state index in [1.807, 2.05) is 61.5 Å². The number of halogens is 3. The number of hydrogen-bond acceptors (Lipinski definition) is 1. The third-order valence-electron chi connectivity index (χ3n) is 5.56. The van der Waals surface area contributed by atoms with Crippen LogP contribution in [0.15, 0.2) is 115 Å². The van der Waals surface area contributed by atoms with Gasteiger partial charge < -0.3 is 0 Å². The second-order valence-corrected chi connectivity index (χ2v) is 11.1. The molecule has 0 aliphatic rings. The molecular formula is C28H22F3OP. The summed E-state index contributed by atoms with van der Waals surface area (Å²) < 4.78 is 42.6. The number of aryl methyl sites for hydroxylation is 1. The van der Waals surface area contributed by atoms with Crippen LogP contribution in [0.1, 0.15) is 11.1 Å². The van der Waals surface area contributed by atoms with Crippen molar-refractivity contribution >= 4 is 33.9 Å². The zero-order valence-corrected chi connectivity index (χ0v) is 18.9. The number of Topliss-reactive ketones (excluding diaryl/α,β-unsaturated/α-hetero) is 1. The predicted octanol–water partition coefficient (Wildman–Crippen LogP) is 5.64. The van der Waals surface area contributed by atoms with Crippen molar-refractivity contribution in [2.24, 2.45) is 0 Å². The van der Waals surface area contributed by atoms with E-state index in [0.29, 0.717) is 15.9 Å². The van der Waals surface area contributed by atoms with E-state index in [0.717, 1.165) is 5.56 Å². The Hall–Kier alpha value is -3.36. The average Bonchev–Trinajstić information content (AvgIpc) is 2.84. The van der Waals surface area contributed by atoms with Crippen LogP contribution in [0, 0.1) is 6.92 Å². The Morgan fingerprint density at radius 2 is 0.970 bits per heavy atom. The van der Waals surface area contributed by atoms with Gasteiger partial charge in [0.05, 0.1) is 0 Å². The zero-order valence-electron chi connectivity index (χ0n) is 18.0. The van der Waals surface area contributed by atoms with E-state index in [1.165, 1.54) is 0 Å². The van der Waals surface area contributed by atoms with E-state index in [1.54, 1.807) is 60.7 Å². The van der Waals surface area contributed by atoms with E-state index in [4.69, 9.17) is 0 Å². The smallest absolute Gasteiger partial charge is 0.284 e. The number of rotatable bonds is 5. The fourth-order valence-corrected chi connectivity index (χ4v) is 8.61. The highest BCUT2D eigenvalue weighted by Gasteiger charge is 2.46. The topological polar surface area (TPSA) is 17.1 Å². The lowest BCUT2D eigenvalue weighted by Gasteiger charge is -2.33. The monoisotopic (exact) mass is 462 g/mol. The molecule has 0 N–H and O–H groups in total. The van der Waals surface area contributed by atoms with Crippen LogP contribution in [0.4, 0.5) is 13.2 Å². The molecule has 0 spiro atoms. The summed E-state index contributed by atoms with van der Waals surface area (Å²) in [6, 6.07) is 34.0. The molecule has 4 rings (SSSR count). The van der Waals surface area contributed by atoms with Crippen LogP contribution in [0.25, 0.3) is 0 Å². The maximum absolute atomic E-state index is 14.2. The minimum atomic E-state index is -5.02. The molecule has 0 aliphatic carbocycles. The van der Waals surface area contributed by atoms with Crippen molar-refractivity contribution < 1.29 is 18.0 Å². The van der Waals surface area contributed by atoms with Gasteiger partial charge in [0.2, 0.25) is 0 Å². The SMILES string of the molecule is Cc1ccc(C(C(=O)C(F)(F)F)=P(c2ccccc2)(c2ccccc2)c2ccccc2)cc1. The molecule has 0 bridgehead atoms. The van der Waals surface area contributed by atoms with Crippen LogP contribution in [0.2, 0.25) is 0 Å². The molecule has 0 radical (unpaired) electrons. The standard InChI is InChI=1S/C28H22F3OP/c1-21-17-19-22(20-18-21)26(27(32)28(29,30)31)33(23-11-5-2-6-12-23,24-13-7-3-8-14-24)25-15-9-4-10-16-25/h2-20H,1H3. The maximum atomic E-state index is 14.2. The van der Waals surface area contributed by atoms with Crippen molar-refractivity contribution in [2.45, 2.75) is 13.1 Å². The first-order valence-electron chi connectivity index (χ1n) is 10.5. The van der Waals surface area contributed by atoms with E-state index >= 15 is 0 Å². The summed E-state index contributed by atoms with van der Waals surface area (Å²) in [4.78, 5) is 13.3. The van der Waals surface area contributed by atoms with Crippen LogP contribution in [0.5, 0.6) is 0 Å². The second-order valence-electron chi connectivity index (χ2n) is 7.72. The van der Waals surface area contributed by atoms with Crippen molar-refractivity contribution in [3.8, 4) is 0 Å². The van der Waals surface area contributed by atoms with E-state index in [9.17, 15) is 18.0 Å². The van der Waals surface area contributed by atoms with Crippen LogP contribution >= 0.6 is 6.89 Å². The normalized spacial score (nSPS) is 11.8. The minimum absolute atomic E-state index is 0.210. The van der Waals surface area contributed by atoms with Crippen LogP contribution in [-0.2, 0) is 4.79 Å². The van der Waals surface area contributed by atoms with Crippen molar-refractivity contribution in [1.29, 1.82) is 0 Å². The average molecular weight is 462 g/mol. The third-order valence-corrected chi connectivity index (χ3v) is 9.91. The van der Waals surface area contributed by atoms with Crippen molar-refractivity contribution in [1.82, 2.24) is 0 Å². The van der Waals surface area contributed by atoms with Crippen molar-refractivity contribution in [3.05, 3.63) is 126 Å². The fourth-order valence-electron chi connectivity index (χ4n) is 4.11. The van der Waals surface area contributed by atoms with Gasteiger partial charge in [0.1, 0.15) is 0 Å². The first kappa shape index (κ1) is 22.8. The third kappa shape index (κ3) is 4.31. The first-order chi connectivity index (χ1) is 15.8. The Balaban J connectivity index is 2.34. The minimum Gasteiger partial charge on any atom is -0.284 e. The number of hydrogen-bond donors (Lipinski definition) is 0. The Bertz CT molecular complexity index is 1190. The lowest BCUT2D eigenvalue weighted by atomic mass is 10.1. The number of alkyl halides is 3. The van der Waals surface area contributed by atoms with Gasteiger partial charge in [-0.05, 0) is 35.3 Å². The highest BCUT2D eigenvalue weighted by Crippen LogP contribution is 2.48. The van der Waals surface area contributed by atoms with Crippen molar-refractivity contribution in [3.63, 3.8) is 0 Å². The molecule has 5 heteroatoms. The van der Waals surface area contributed by atoms with Gasteiger partial charge in [-0.3, -0.25) is 4.79 Å². The van der Waals surface area contributed by atoms with Crippen LogP contribution in [0.3, 0.4) is 0 Å². The Morgan fingerprint density at radius 3 is 1.30 bits per heavy atom. The van der Waals surface area contributed by atoms with Gasteiger partial charge in [-0.25, -0.2) is 0 Å². The molecular weight excluding hydrogens is 440 g/mol. The predicted molar refractivity (Wildman–Crippen MR) is 131 cm³/mol. The van der Waals surface area contributed by atoms with Gasteiger partial charge in [-0.2, -0.15) is 13.2 Å². The van der Waals surface area contributed by atoms with Gasteiger partial charge in [0.25, 0.3) is 5.78 Å². The summed E-state index contributed by atoms with van der Waals surface area (Å²) in [7, 11) is 0. The number of carbonyl (C=O) groups is 1. The van der Waals surface area contributed by atoms with Gasteiger partial charge >= 0.3 is 6.18 Å². The second kappa shape index (κ2) is 9.25. The van der Waals surface area contributed by atoms with Crippen LogP contribution < -0.4 is 15.9 Å². The Labute approximate surface area is 191 Å². The number of carbonyl (C=O) groups excluding carboxylic acids is 1. The molecule has 0 heterocycles. The molecule has 0 saturated heterocycles. The molecule has 0 unspecified atom stereocenters. The molecule has 4 aromatic carbocycles. The molecule has 33 heavy (non-hydrogen) atoms. The quantitative estimate of drug-likeness (QED) is 0.351. The molecule has 4 aromatic rings. The molecule has 0 aliphatic heterocycles. The molecule has 0 aromatic heterocycles. The Morgan fingerprint density at radius 1 is 0.606 bits per heavy atom. The molecule has 0 amide bonds. The maximum Gasteiger partial charge on any atom is 0.454 e. The first-order valence-corrected chi connectivity index (χ1v) is 12.3. The lowest BCUT2D eigenvalue weighted by molar-refractivity contribution is -0.162. The van der Waals surface area contributed by atoms with E-state index < -0.39 is 18.8 Å². The highest BCUT2D eigenvalue weighted by atomic mass is 31.2. The van der Waals surface area contributed by atoms with Gasteiger partial charge in [0.15, 0.2) is 0 Å². The summed E-state index contributed by atoms with van der Waals surface area (Å²) >= 11 is 0. The van der Waals surface area contributed by atoms with Gasteiger partial charge in [-0.15, -0.1) is 0 Å². The summed E-state index contributed by atoms with van der Waals surface area (Å²) in [6.07, 6.45) is -5.02. The zero-order chi connectivity index (χ0) is 23.5. The summed E-state index contributed by atoms with van der Waals surface area (Å²) in [5.74, 6) is -1.81. The molecule has 0 atom stereocenters. The van der Waals surface area contributed by atoms with Gasteiger partial charge in [0, 0.05) is 5.29 Å². The lowest BCUT2D eigenvalue weighted by Crippen LogP contribution is -2.39. The van der Waals surface area contributed by atoms with Crippen molar-refractivity contribution in [2.75, 3.05) is 0 Å². The summed E-state index contributed by atoms with van der Waals surface area (Å²) in [5, 5.41) is 1.86. The molecule has 0 fully saturated rings. The molecule has 1 nitrogen and oxygen atoms in total. The number of benzene rings is 4. The molecule has 0 saturated carbocycles. The van der Waals surface area contributed by atoms with E-state index in [2.05, 4.69) is 0 Å². The molecule has 166 valence electrons. The van der Waals surface area contributed by atoms with E-state index in [-0.39, 0.29) is 10.9 Å². The largest absolute Gasteiger partial charge is 0.454 e. The van der Waals surface area contributed by atoms with Crippen LogP contribution in [-0.4, -0.2) is 17.3 Å².